The zero-order valence-corrected chi connectivity index (χ0v) is 16.1. The van der Waals surface area contributed by atoms with E-state index in [1.807, 2.05) is 12.1 Å². The van der Waals surface area contributed by atoms with Crippen molar-refractivity contribution in [1.82, 2.24) is 9.80 Å². The first-order chi connectivity index (χ1) is 12.5. The first kappa shape index (κ1) is 18.7. The second kappa shape index (κ2) is 8.11. The van der Waals surface area contributed by atoms with E-state index in [0.717, 1.165) is 56.0 Å². The largest absolute Gasteiger partial charge is 0.508 e. The number of phenolic OH excluding ortho intramolecular Hbond substituents is 2. The number of phenols is 2. The molecule has 0 radical (unpaired) electrons. The third-order valence-electron chi connectivity index (χ3n) is 5.38. The van der Waals surface area contributed by atoms with Crippen LogP contribution in [0.15, 0.2) is 36.4 Å². The van der Waals surface area contributed by atoms with E-state index in [9.17, 15) is 10.2 Å². The fourth-order valence-corrected chi connectivity index (χ4v) is 3.70. The summed E-state index contributed by atoms with van der Waals surface area (Å²) in [5, 5.41) is 20.6. The Labute approximate surface area is 156 Å². The molecule has 0 aliphatic carbocycles. The lowest BCUT2D eigenvalue weighted by Gasteiger charge is -2.34. The smallest absolute Gasteiger partial charge is 0.127 e. The van der Waals surface area contributed by atoms with Crippen molar-refractivity contribution in [3.63, 3.8) is 0 Å². The number of nitrogens with zero attached hydrogens (tertiary/aromatic N) is 2. The Kier molecular flexibility index (Phi) is 5.84. The minimum Gasteiger partial charge on any atom is -0.508 e. The summed E-state index contributed by atoms with van der Waals surface area (Å²) < 4.78 is 0. The summed E-state index contributed by atoms with van der Waals surface area (Å²) in [5.41, 5.74) is 3.93. The molecule has 0 unspecified atom stereocenters. The number of hydrogen-bond donors (Lipinski definition) is 2. The van der Waals surface area contributed by atoms with E-state index >= 15 is 0 Å². The molecular weight excluding hydrogens is 324 g/mol. The molecule has 0 saturated carbocycles. The third kappa shape index (κ3) is 4.02. The molecule has 1 aliphatic rings. The van der Waals surface area contributed by atoms with Crippen LogP contribution in [0.4, 0.5) is 0 Å². The van der Waals surface area contributed by atoms with Crippen LogP contribution in [0.5, 0.6) is 11.5 Å². The summed E-state index contributed by atoms with van der Waals surface area (Å²) >= 11 is 0. The zero-order chi connectivity index (χ0) is 18.7. The second-order valence-electron chi connectivity index (χ2n) is 7.45. The Morgan fingerprint density at radius 3 is 2.19 bits per heavy atom. The molecule has 4 heteroatoms. The highest BCUT2D eigenvalue weighted by molar-refractivity contribution is 5.75. The van der Waals surface area contributed by atoms with Gasteiger partial charge >= 0.3 is 0 Å². The molecule has 1 aliphatic heterocycles. The standard InChI is InChI=1S/C22H30N2O2/c1-4-23-9-11-24(12-10-23)15-17-7-5-6-8-18(17)20-13-19(16(2)3)21(25)14-22(20)26/h5-8,13-14,16,25-26H,4,9-12,15H2,1-3H3. The number of aromatic hydroxyl groups is 2. The van der Waals surface area contributed by atoms with Gasteiger partial charge in [0.1, 0.15) is 11.5 Å². The van der Waals surface area contributed by atoms with Crippen molar-refractivity contribution in [3.8, 4) is 22.6 Å². The third-order valence-corrected chi connectivity index (χ3v) is 5.38. The molecule has 26 heavy (non-hydrogen) atoms. The molecule has 1 fully saturated rings. The van der Waals surface area contributed by atoms with E-state index < -0.39 is 0 Å². The van der Waals surface area contributed by atoms with Gasteiger partial charge in [-0.3, -0.25) is 4.90 Å². The summed E-state index contributed by atoms with van der Waals surface area (Å²) in [6.45, 7) is 12.7. The first-order valence-corrected chi connectivity index (χ1v) is 9.58. The van der Waals surface area contributed by atoms with Crippen LogP contribution in [0.2, 0.25) is 0 Å². The van der Waals surface area contributed by atoms with Crippen LogP contribution in [-0.2, 0) is 6.54 Å². The maximum absolute atomic E-state index is 10.5. The van der Waals surface area contributed by atoms with Gasteiger partial charge in [0.15, 0.2) is 0 Å². The van der Waals surface area contributed by atoms with E-state index in [1.54, 1.807) is 0 Å². The van der Waals surface area contributed by atoms with E-state index in [2.05, 4.69) is 48.8 Å². The van der Waals surface area contributed by atoms with Gasteiger partial charge in [-0.25, -0.2) is 0 Å². The summed E-state index contributed by atoms with van der Waals surface area (Å²) in [6, 6.07) is 11.7. The van der Waals surface area contributed by atoms with E-state index in [4.69, 9.17) is 0 Å². The number of rotatable bonds is 5. The Balaban J connectivity index is 1.89. The van der Waals surface area contributed by atoms with E-state index in [-0.39, 0.29) is 17.4 Å². The quantitative estimate of drug-likeness (QED) is 0.851. The molecule has 1 heterocycles. The summed E-state index contributed by atoms with van der Waals surface area (Å²) in [7, 11) is 0. The molecule has 2 aromatic rings. The van der Waals surface area contributed by atoms with Gasteiger partial charge in [-0.05, 0) is 35.2 Å². The number of hydrogen-bond acceptors (Lipinski definition) is 4. The van der Waals surface area contributed by atoms with Gasteiger partial charge in [0.25, 0.3) is 0 Å². The van der Waals surface area contributed by atoms with Gasteiger partial charge in [0.2, 0.25) is 0 Å². The van der Waals surface area contributed by atoms with Crippen molar-refractivity contribution in [2.45, 2.75) is 33.2 Å². The minimum atomic E-state index is 0.134. The molecule has 1 saturated heterocycles. The van der Waals surface area contributed by atoms with Gasteiger partial charge in [-0.15, -0.1) is 0 Å². The Hall–Kier alpha value is -2.04. The van der Waals surface area contributed by atoms with Crippen molar-refractivity contribution in [2.24, 2.45) is 0 Å². The van der Waals surface area contributed by atoms with Gasteiger partial charge in [0.05, 0.1) is 0 Å². The zero-order valence-electron chi connectivity index (χ0n) is 16.1. The molecule has 0 aromatic heterocycles. The Morgan fingerprint density at radius 1 is 0.885 bits per heavy atom. The molecule has 2 N–H and O–H groups in total. The lowest BCUT2D eigenvalue weighted by Crippen LogP contribution is -2.45. The van der Waals surface area contributed by atoms with Crippen molar-refractivity contribution in [1.29, 1.82) is 0 Å². The highest BCUT2D eigenvalue weighted by Gasteiger charge is 2.19. The van der Waals surface area contributed by atoms with Crippen molar-refractivity contribution >= 4 is 0 Å². The molecule has 140 valence electrons. The minimum absolute atomic E-state index is 0.134. The topological polar surface area (TPSA) is 46.9 Å². The monoisotopic (exact) mass is 354 g/mol. The molecule has 0 bridgehead atoms. The fourth-order valence-electron chi connectivity index (χ4n) is 3.70. The Bertz CT molecular complexity index is 750. The van der Waals surface area contributed by atoms with E-state index in [0.29, 0.717) is 0 Å². The second-order valence-corrected chi connectivity index (χ2v) is 7.45. The molecule has 4 nitrogen and oxygen atoms in total. The molecule has 3 rings (SSSR count). The lowest BCUT2D eigenvalue weighted by molar-refractivity contribution is 0.132. The molecule has 0 atom stereocenters. The van der Waals surface area contributed by atoms with Gasteiger partial charge in [-0.2, -0.15) is 0 Å². The van der Waals surface area contributed by atoms with Gasteiger partial charge < -0.3 is 15.1 Å². The van der Waals surface area contributed by atoms with Crippen molar-refractivity contribution in [2.75, 3.05) is 32.7 Å². The summed E-state index contributed by atoms with van der Waals surface area (Å²) in [4.78, 5) is 4.95. The lowest BCUT2D eigenvalue weighted by atomic mass is 9.93. The molecular formula is C22H30N2O2. The SMILES string of the molecule is CCN1CCN(Cc2ccccc2-c2cc(C(C)C)c(O)cc2O)CC1. The predicted octanol–water partition coefficient (Wildman–Crippen LogP) is 4.03. The van der Waals surface area contributed by atoms with Gasteiger partial charge in [0, 0.05) is 44.4 Å². The number of piperazine rings is 1. The van der Waals surface area contributed by atoms with E-state index in [1.165, 1.54) is 11.6 Å². The van der Waals surface area contributed by atoms with Crippen LogP contribution >= 0.6 is 0 Å². The number of likely N-dealkylation sites (N-methyl/N-ethyl adjacent to an activating group) is 1. The fraction of sp³-hybridized carbons (Fsp3) is 0.455. The van der Waals surface area contributed by atoms with Crippen LogP contribution < -0.4 is 0 Å². The first-order valence-electron chi connectivity index (χ1n) is 9.58. The van der Waals surface area contributed by atoms with Crippen molar-refractivity contribution < 1.29 is 10.2 Å². The average molecular weight is 354 g/mol. The molecule has 0 spiro atoms. The van der Waals surface area contributed by atoms with Crippen LogP contribution in [0, 0.1) is 0 Å². The highest BCUT2D eigenvalue weighted by Crippen LogP contribution is 2.39. The molecule has 0 amide bonds. The van der Waals surface area contributed by atoms with Crippen LogP contribution in [0.1, 0.15) is 37.8 Å². The molecule has 2 aromatic carbocycles. The normalized spacial score (nSPS) is 16.3. The summed E-state index contributed by atoms with van der Waals surface area (Å²) in [6.07, 6.45) is 0. The van der Waals surface area contributed by atoms with Crippen molar-refractivity contribution in [3.05, 3.63) is 47.5 Å². The van der Waals surface area contributed by atoms with Crippen LogP contribution in [0.25, 0.3) is 11.1 Å². The van der Waals surface area contributed by atoms with Crippen LogP contribution in [-0.4, -0.2) is 52.7 Å². The van der Waals surface area contributed by atoms with Crippen LogP contribution in [0.3, 0.4) is 0 Å². The van der Waals surface area contributed by atoms with Gasteiger partial charge in [-0.1, -0.05) is 45.0 Å². The maximum atomic E-state index is 10.5. The predicted molar refractivity (Wildman–Crippen MR) is 107 cm³/mol. The maximum Gasteiger partial charge on any atom is 0.127 e. The highest BCUT2D eigenvalue weighted by atomic mass is 16.3. The summed E-state index contributed by atoms with van der Waals surface area (Å²) in [5.74, 6) is 0.494. The number of benzene rings is 2. The average Bonchev–Trinajstić information content (AvgIpc) is 2.63. The Morgan fingerprint density at radius 2 is 1.54 bits per heavy atom.